The van der Waals surface area contributed by atoms with Crippen molar-refractivity contribution in [3.05, 3.63) is 30.1 Å². The molecule has 0 fully saturated rings. The number of hydrogen-bond donors (Lipinski definition) is 0. The highest BCUT2D eigenvalue weighted by molar-refractivity contribution is 6.13. The maximum atomic E-state index is 2.33. The summed E-state index contributed by atoms with van der Waals surface area (Å²) in [6.07, 6.45) is 4.36. The van der Waals surface area contributed by atoms with E-state index in [9.17, 15) is 0 Å². The van der Waals surface area contributed by atoms with Crippen LogP contribution in [0, 0.1) is 6.92 Å². The predicted molar refractivity (Wildman–Crippen MR) is 53.3 cm³/mol. The van der Waals surface area contributed by atoms with E-state index in [2.05, 4.69) is 57.1 Å². The first-order valence-electron chi connectivity index (χ1n) is 4.50. The largest absolute Gasteiger partial charge is 0.465 e. The van der Waals surface area contributed by atoms with Gasteiger partial charge in [-0.2, -0.15) is 0 Å². The van der Waals surface area contributed by atoms with Crippen LogP contribution < -0.4 is 4.48 Å². The van der Waals surface area contributed by atoms with Crippen molar-refractivity contribution in [3.63, 3.8) is 0 Å². The van der Waals surface area contributed by atoms with Gasteiger partial charge in [-0.1, -0.05) is 0 Å². The summed E-state index contributed by atoms with van der Waals surface area (Å²) in [5.74, 6) is 0. The Morgan fingerprint density at radius 3 is 2.08 bits per heavy atom. The van der Waals surface area contributed by atoms with Gasteiger partial charge in [0.1, 0.15) is 12.4 Å². The van der Waals surface area contributed by atoms with Crippen molar-refractivity contribution in [1.29, 1.82) is 0 Å². The van der Waals surface area contributed by atoms with Crippen LogP contribution in [0.2, 0.25) is 0 Å². The second-order valence-electron chi connectivity index (χ2n) is 4.92. The second-order valence-corrected chi connectivity index (χ2v) is 4.92. The maximum absolute atomic E-state index is 2.33. The zero-order valence-electron chi connectivity index (χ0n) is 8.70. The molecule has 0 aliphatic heterocycles. The third kappa shape index (κ3) is 3.05. The van der Waals surface area contributed by atoms with Gasteiger partial charge in [-0.15, -0.1) is 0 Å². The van der Waals surface area contributed by atoms with Crippen molar-refractivity contribution >= 4 is 7.55 Å². The zero-order valence-corrected chi connectivity index (χ0v) is 8.70. The predicted octanol–water partition coefficient (Wildman–Crippen LogP) is -0.164. The van der Waals surface area contributed by atoms with E-state index in [0.717, 1.165) is 4.39 Å². The van der Waals surface area contributed by atoms with Crippen molar-refractivity contribution in [3.8, 4) is 0 Å². The van der Waals surface area contributed by atoms with Crippen molar-refractivity contribution in [2.45, 2.75) is 6.92 Å². The van der Waals surface area contributed by atoms with Gasteiger partial charge in [0.15, 0.2) is 0 Å². The molecule has 0 aliphatic rings. The fourth-order valence-electron chi connectivity index (χ4n) is 1.40. The Labute approximate surface area is 75.3 Å². The van der Waals surface area contributed by atoms with Gasteiger partial charge in [-0.3, -0.25) is 0 Å². The van der Waals surface area contributed by atoms with E-state index in [0.29, 0.717) is 0 Å². The van der Waals surface area contributed by atoms with Gasteiger partial charge < -0.3 is 8.87 Å². The monoisotopic (exact) mass is 165 g/mol. The van der Waals surface area contributed by atoms with E-state index in [-0.39, 0.29) is 7.55 Å². The van der Waals surface area contributed by atoms with E-state index in [4.69, 9.17) is 0 Å². The molecular formula is C9H18BN2+. The Balaban J connectivity index is 2.71. The van der Waals surface area contributed by atoms with E-state index < -0.39 is 0 Å². The lowest BCUT2D eigenvalue weighted by Crippen LogP contribution is -2.56. The Morgan fingerprint density at radius 1 is 1.17 bits per heavy atom. The van der Waals surface area contributed by atoms with Gasteiger partial charge in [-0.25, -0.2) is 0 Å². The topological polar surface area (TPSA) is 3.88 Å². The lowest BCUT2D eigenvalue weighted by Gasteiger charge is -2.28. The smallest absolute Gasteiger partial charge is 0.456 e. The molecule has 66 valence electrons. The molecule has 0 aliphatic carbocycles. The molecule has 0 spiro atoms. The van der Waals surface area contributed by atoms with Crippen molar-refractivity contribution < 1.29 is 8.87 Å². The lowest BCUT2D eigenvalue weighted by molar-refractivity contribution is -0.807. The van der Waals surface area contributed by atoms with Crippen LogP contribution in [0.4, 0.5) is 0 Å². The molecule has 0 saturated carbocycles. The molecule has 1 aromatic rings. The summed E-state index contributed by atoms with van der Waals surface area (Å²) in [6.45, 7) is 2.12. The van der Waals surface area contributed by atoms with Crippen molar-refractivity contribution in [2.75, 3.05) is 21.1 Å². The first-order valence-corrected chi connectivity index (χ1v) is 4.50. The fraction of sp³-hybridized carbons (Fsp3) is 0.444. The molecule has 0 N–H and O–H groups in total. The quantitative estimate of drug-likeness (QED) is 0.536. The zero-order chi connectivity index (χ0) is 9.19. The van der Waals surface area contributed by atoms with Crippen LogP contribution in [-0.2, 0) is 0 Å². The molecule has 1 rings (SSSR count). The highest BCUT2D eigenvalue weighted by Crippen LogP contribution is 1.90. The summed E-state index contributed by atoms with van der Waals surface area (Å²) in [6, 6.07) is 4.33. The number of rotatable bonds is 2. The molecule has 0 saturated heterocycles. The van der Waals surface area contributed by atoms with Crippen molar-refractivity contribution in [2.24, 2.45) is 0 Å². The maximum Gasteiger partial charge on any atom is 0.456 e. The average molecular weight is 165 g/mol. The first-order chi connectivity index (χ1) is 5.47. The lowest BCUT2D eigenvalue weighted by atomic mass is 10.1. The summed E-state index contributed by atoms with van der Waals surface area (Å²) < 4.78 is 3.40. The summed E-state index contributed by atoms with van der Waals surface area (Å²) in [5, 5.41) is 0. The van der Waals surface area contributed by atoms with E-state index in [1.54, 1.807) is 0 Å². The second kappa shape index (κ2) is 3.27. The van der Waals surface area contributed by atoms with Gasteiger partial charge in [-0.05, 0) is 12.5 Å². The van der Waals surface area contributed by atoms with Gasteiger partial charge in [0.25, 0.3) is 0 Å². The van der Waals surface area contributed by atoms with Crippen LogP contribution >= 0.6 is 0 Å². The standard InChI is InChI=1S/C9H18BN2/c1-9-5-7-11(8-6-9)10-12(2,3)4/h5-8H,10H2,1-4H3/q+1. The SMILES string of the molecule is Cc1cc[n+]([BH2-][N+](C)(C)C)cc1. The van der Waals surface area contributed by atoms with Crippen LogP contribution in [0.15, 0.2) is 24.5 Å². The van der Waals surface area contributed by atoms with Crippen LogP contribution in [0.25, 0.3) is 0 Å². The summed E-state index contributed by atoms with van der Waals surface area (Å²) in [7, 11) is 6.62. The van der Waals surface area contributed by atoms with E-state index >= 15 is 0 Å². The average Bonchev–Trinajstić information content (AvgIpc) is 1.91. The van der Waals surface area contributed by atoms with Crippen LogP contribution in [0.3, 0.4) is 0 Å². The van der Waals surface area contributed by atoms with E-state index in [1.807, 2.05) is 0 Å². The molecule has 0 atom stereocenters. The molecule has 0 bridgehead atoms. The normalized spacial score (nSPS) is 11.7. The van der Waals surface area contributed by atoms with Crippen LogP contribution in [-0.4, -0.2) is 33.1 Å². The third-order valence-electron chi connectivity index (χ3n) is 1.98. The number of nitrogens with zero attached hydrogens (tertiary/aromatic N) is 2. The number of quaternary nitrogens is 1. The third-order valence-corrected chi connectivity index (χ3v) is 1.98. The molecule has 0 aromatic carbocycles. The molecule has 1 heterocycles. The van der Waals surface area contributed by atoms with Gasteiger partial charge in [0.2, 0.25) is 0 Å². The Bertz CT molecular complexity index is 248. The number of hydrogen-bond acceptors (Lipinski definition) is 0. The number of aromatic nitrogens is 1. The fourth-order valence-corrected chi connectivity index (χ4v) is 1.40. The molecule has 0 amide bonds. The first kappa shape index (κ1) is 9.26. The Morgan fingerprint density at radius 2 is 1.67 bits per heavy atom. The Kier molecular flexibility index (Phi) is 2.53. The minimum absolute atomic E-state index is 0.110. The van der Waals surface area contributed by atoms with Crippen molar-refractivity contribution in [1.82, 2.24) is 0 Å². The molecule has 1 aromatic heterocycles. The molecular weight excluding hydrogens is 147 g/mol. The van der Waals surface area contributed by atoms with Crippen LogP contribution in [0.5, 0.6) is 0 Å². The van der Waals surface area contributed by atoms with Gasteiger partial charge in [0, 0.05) is 33.3 Å². The van der Waals surface area contributed by atoms with Gasteiger partial charge in [0.05, 0.1) is 0 Å². The summed E-state index contributed by atoms with van der Waals surface area (Å²) in [5.41, 5.74) is 1.33. The summed E-state index contributed by atoms with van der Waals surface area (Å²) in [4.78, 5) is 0. The van der Waals surface area contributed by atoms with E-state index in [1.165, 1.54) is 5.56 Å². The van der Waals surface area contributed by atoms with Crippen LogP contribution in [0.1, 0.15) is 5.56 Å². The van der Waals surface area contributed by atoms with Gasteiger partial charge >= 0.3 is 7.55 Å². The molecule has 2 nitrogen and oxygen atoms in total. The molecule has 12 heavy (non-hydrogen) atoms. The minimum atomic E-state index is -0.110. The minimum Gasteiger partial charge on any atom is -0.465 e. The summed E-state index contributed by atoms with van der Waals surface area (Å²) >= 11 is 0. The highest BCUT2D eigenvalue weighted by atomic mass is 15.3. The molecule has 3 heteroatoms. The molecule has 0 radical (unpaired) electrons. The number of pyridine rings is 1. The Hall–Kier alpha value is -0.825. The highest BCUT2D eigenvalue weighted by Gasteiger charge is 2.07. The number of aryl methyl sites for hydroxylation is 1. The molecule has 0 unspecified atom stereocenters.